The molecule has 3 aromatic heterocycles. The fourth-order valence-corrected chi connectivity index (χ4v) is 6.14. The molecular weight excluding hydrogens is 567 g/mol. The minimum atomic E-state index is -0.357. The van der Waals surface area contributed by atoms with E-state index in [1.54, 1.807) is 16.7 Å². The average Bonchev–Trinajstić information content (AvgIpc) is 3.35. The quantitative estimate of drug-likeness (QED) is 0.288. The maximum absolute atomic E-state index is 14.0. The summed E-state index contributed by atoms with van der Waals surface area (Å²) in [5.41, 5.74) is 7.47. The number of fused-ring (bicyclic) bond motifs is 1. The molecule has 13 heteroatoms. The number of nitrogen functional groups attached to an aromatic ring is 1. The van der Waals surface area contributed by atoms with E-state index in [0.717, 1.165) is 51.6 Å². The normalized spacial score (nSPS) is 16.8. The summed E-state index contributed by atoms with van der Waals surface area (Å²) < 4.78 is 27.6. The minimum Gasteiger partial charge on any atom is -0.449 e. The summed E-state index contributed by atoms with van der Waals surface area (Å²) in [5, 5.41) is 0. The predicted molar refractivity (Wildman–Crippen MR) is 163 cm³/mol. The Balaban J connectivity index is 1.15. The lowest BCUT2D eigenvalue weighted by molar-refractivity contribution is 0.0600. The van der Waals surface area contributed by atoms with Crippen molar-refractivity contribution in [2.24, 2.45) is 0 Å². The summed E-state index contributed by atoms with van der Waals surface area (Å²) >= 11 is 0. The molecule has 5 heterocycles. The molecule has 0 bridgehead atoms. The van der Waals surface area contributed by atoms with Crippen LogP contribution in [0.1, 0.15) is 51.5 Å². The number of likely N-dealkylation sites (tertiary alicyclic amines) is 2. The van der Waals surface area contributed by atoms with E-state index in [0.29, 0.717) is 54.2 Å². The molecule has 1 amide bonds. The maximum atomic E-state index is 14.0. The fourth-order valence-electron chi connectivity index (χ4n) is 6.14. The maximum Gasteiger partial charge on any atom is 0.409 e. The van der Waals surface area contributed by atoms with Crippen molar-refractivity contribution in [3.05, 3.63) is 65.2 Å². The molecule has 0 aliphatic carbocycles. The summed E-state index contributed by atoms with van der Waals surface area (Å²) in [6, 6.07) is 9.35. The van der Waals surface area contributed by atoms with E-state index in [-0.39, 0.29) is 29.5 Å². The highest BCUT2D eigenvalue weighted by atomic mass is 19.1. The fraction of sp³-hybridized carbons (Fsp3) is 0.452. The second-order valence-corrected chi connectivity index (χ2v) is 11.3. The van der Waals surface area contributed by atoms with E-state index in [9.17, 15) is 14.0 Å². The molecule has 2 aliphatic rings. The zero-order valence-corrected chi connectivity index (χ0v) is 24.8. The Kier molecular flexibility index (Phi) is 8.73. The van der Waals surface area contributed by atoms with Crippen molar-refractivity contribution in [1.82, 2.24) is 33.9 Å². The molecule has 0 unspecified atom stereocenters. The van der Waals surface area contributed by atoms with Crippen molar-refractivity contribution in [2.75, 3.05) is 38.5 Å². The number of nitrogens with two attached hydrogens (primary N) is 1. The molecule has 6 rings (SSSR count). The summed E-state index contributed by atoms with van der Waals surface area (Å²) in [4.78, 5) is 43.6. The molecule has 2 N–H and O–H groups in total. The first kappa shape index (κ1) is 29.5. The number of unbranched alkanes of at least 4 members (excludes halogenated alkanes) is 1. The Morgan fingerprint density at radius 1 is 0.977 bits per heavy atom. The molecule has 1 aromatic carbocycles. The van der Waals surface area contributed by atoms with Crippen LogP contribution in [0.25, 0.3) is 16.9 Å². The van der Waals surface area contributed by atoms with Crippen LogP contribution in [0.3, 0.4) is 0 Å². The second-order valence-electron chi connectivity index (χ2n) is 11.3. The molecule has 2 aliphatic heterocycles. The number of halogens is 1. The second kappa shape index (κ2) is 13.0. The summed E-state index contributed by atoms with van der Waals surface area (Å²) in [6.07, 6.45) is 7.96. The van der Waals surface area contributed by atoms with E-state index in [1.165, 1.54) is 41.4 Å². The van der Waals surface area contributed by atoms with Gasteiger partial charge in [-0.05, 0) is 62.4 Å². The third-order valence-electron chi connectivity index (χ3n) is 8.52. The van der Waals surface area contributed by atoms with Gasteiger partial charge < -0.3 is 25.0 Å². The number of piperidine rings is 2. The number of ether oxygens (including phenoxy) is 2. The van der Waals surface area contributed by atoms with Crippen LogP contribution in [-0.2, 0) is 4.74 Å². The average molecular weight is 605 g/mol. The van der Waals surface area contributed by atoms with Gasteiger partial charge in [0.15, 0.2) is 11.5 Å². The molecule has 12 nitrogen and oxygen atoms in total. The van der Waals surface area contributed by atoms with Gasteiger partial charge in [0, 0.05) is 44.3 Å². The topological polar surface area (TPSA) is 134 Å². The van der Waals surface area contributed by atoms with Crippen LogP contribution in [0, 0.1) is 5.82 Å². The molecule has 0 atom stereocenters. The first-order valence-corrected chi connectivity index (χ1v) is 15.2. The van der Waals surface area contributed by atoms with Crippen molar-refractivity contribution in [3.63, 3.8) is 0 Å². The van der Waals surface area contributed by atoms with Crippen LogP contribution in [0.5, 0.6) is 11.6 Å². The van der Waals surface area contributed by atoms with Gasteiger partial charge in [0.2, 0.25) is 5.88 Å². The number of nitrogens with zero attached hydrogens (tertiary/aromatic N) is 7. The largest absolute Gasteiger partial charge is 0.449 e. The number of rotatable bonds is 8. The first-order chi connectivity index (χ1) is 21.4. The smallest absolute Gasteiger partial charge is 0.409 e. The highest BCUT2D eigenvalue weighted by Crippen LogP contribution is 2.30. The van der Waals surface area contributed by atoms with Gasteiger partial charge in [0.1, 0.15) is 23.4 Å². The predicted octanol–water partition coefficient (Wildman–Crippen LogP) is 4.53. The molecule has 0 radical (unpaired) electrons. The zero-order chi connectivity index (χ0) is 30.6. The molecule has 0 spiro atoms. The number of aromatic nitrogens is 5. The van der Waals surface area contributed by atoms with Gasteiger partial charge in [-0.1, -0.05) is 13.3 Å². The number of benzene rings is 1. The standard InChI is InChI=1S/C31H37FN8O4/c1-2-3-18-43-31(42)38-16-10-22(11-17-38)37-14-12-23(13-15-37)40-29-27(28(33)35-20-36-29)39(30(40)41)24-6-9-26(34-19-24)44-25-7-4-21(32)5-8-25/h4-9,19-20,22-23H,2-3,10-18H2,1H3,(H2,33,35,36). The third kappa shape index (κ3) is 6.09. The van der Waals surface area contributed by atoms with E-state index in [2.05, 4.69) is 26.8 Å². The van der Waals surface area contributed by atoms with Crippen LogP contribution in [0.15, 0.2) is 53.7 Å². The molecule has 2 fully saturated rings. The molecular formula is C31H37FN8O4. The van der Waals surface area contributed by atoms with Gasteiger partial charge in [-0.3, -0.25) is 9.13 Å². The van der Waals surface area contributed by atoms with Crippen LogP contribution < -0.4 is 16.2 Å². The molecule has 232 valence electrons. The highest BCUT2D eigenvalue weighted by Gasteiger charge is 2.32. The van der Waals surface area contributed by atoms with E-state index in [4.69, 9.17) is 15.2 Å². The molecule has 0 saturated carbocycles. The summed E-state index contributed by atoms with van der Waals surface area (Å²) in [6.45, 7) is 5.62. The van der Waals surface area contributed by atoms with Crippen LogP contribution >= 0.6 is 0 Å². The summed E-state index contributed by atoms with van der Waals surface area (Å²) in [7, 11) is 0. The number of anilines is 1. The highest BCUT2D eigenvalue weighted by molar-refractivity contribution is 5.84. The van der Waals surface area contributed by atoms with Crippen LogP contribution in [-0.4, -0.2) is 78.8 Å². The van der Waals surface area contributed by atoms with Gasteiger partial charge >= 0.3 is 11.8 Å². The van der Waals surface area contributed by atoms with E-state index in [1.807, 2.05) is 4.90 Å². The summed E-state index contributed by atoms with van der Waals surface area (Å²) in [5.74, 6) is 0.590. The van der Waals surface area contributed by atoms with Gasteiger partial charge in [-0.25, -0.2) is 28.9 Å². The SMILES string of the molecule is CCCCOC(=O)N1CCC(N2CCC(n3c(=O)n(-c4ccc(Oc5ccc(F)cc5)nc4)c4c(N)ncnc43)CC2)CC1. The van der Waals surface area contributed by atoms with Crippen LogP contribution in [0.4, 0.5) is 15.0 Å². The van der Waals surface area contributed by atoms with E-state index < -0.39 is 0 Å². The number of imidazole rings is 1. The van der Waals surface area contributed by atoms with Gasteiger partial charge in [-0.2, -0.15) is 0 Å². The van der Waals surface area contributed by atoms with Crippen molar-refractivity contribution in [3.8, 4) is 17.3 Å². The molecule has 2 saturated heterocycles. The number of amides is 1. The lowest BCUT2D eigenvalue weighted by Gasteiger charge is -2.41. The monoisotopic (exact) mass is 604 g/mol. The van der Waals surface area contributed by atoms with Gasteiger partial charge in [0.25, 0.3) is 0 Å². The number of hydrogen-bond acceptors (Lipinski definition) is 9. The minimum absolute atomic E-state index is 0.0560. The Bertz CT molecular complexity index is 1640. The lowest BCUT2D eigenvalue weighted by atomic mass is 9.98. The Morgan fingerprint density at radius 3 is 2.39 bits per heavy atom. The number of carbonyl (C=O) groups is 1. The number of pyridine rings is 1. The van der Waals surface area contributed by atoms with Crippen LogP contribution in [0.2, 0.25) is 0 Å². The molecule has 44 heavy (non-hydrogen) atoms. The van der Waals surface area contributed by atoms with Crippen molar-refractivity contribution < 1.29 is 18.7 Å². The van der Waals surface area contributed by atoms with Crippen molar-refractivity contribution in [1.29, 1.82) is 0 Å². The zero-order valence-electron chi connectivity index (χ0n) is 24.8. The number of hydrogen-bond donors (Lipinski definition) is 1. The first-order valence-electron chi connectivity index (χ1n) is 15.2. The van der Waals surface area contributed by atoms with Gasteiger partial charge in [0.05, 0.1) is 18.5 Å². The Morgan fingerprint density at radius 2 is 1.70 bits per heavy atom. The molecule has 4 aromatic rings. The Hall–Kier alpha value is -4.52. The number of carbonyl (C=O) groups excluding carboxylic acids is 1. The van der Waals surface area contributed by atoms with Gasteiger partial charge in [-0.15, -0.1) is 0 Å². The lowest BCUT2D eigenvalue weighted by Crippen LogP contribution is -2.49. The third-order valence-corrected chi connectivity index (χ3v) is 8.52. The van der Waals surface area contributed by atoms with E-state index >= 15 is 0 Å². The van der Waals surface area contributed by atoms with Crippen molar-refractivity contribution >= 4 is 23.1 Å². The van der Waals surface area contributed by atoms with Crippen molar-refractivity contribution in [2.45, 2.75) is 57.5 Å². The Labute approximate surface area is 254 Å².